The van der Waals surface area contributed by atoms with Crippen molar-refractivity contribution in [3.05, 3.63) is 196 Å². The third kappa shape index (κ3) is 6.82. The molecule has 0 aliphatic rings. The number of nitrogens with zero attached hydrogens (tertiary/aromatic N) is 1. The minimum Gasteiger partial charge on any atom is -0.311 e. The first-order valence-corrected chi connectivity index (χ1v) is 14.7. The lowest BCUT2D eigenvalue weighted by molar-refractivity contribution is 0.627. The zero-order valence-electron chi connectivity index (χ0n) is 24.5. The standard InChI is InChI=1S/C41H34FN/c1-30-8-22-38(23-9-30)43(39-24-10-31(2)11-25-39)40-26-16-34(17-27-40)29-41(35-6-4-3-5-7-35)36-18-12-32(13-19-36)28-33-14-20-37(42)21-15-33/h3-27,29H,28H2,1-2H3/b41-29+. The lowest BCUT2D eigenvalue weighted by atomic mass is 9.94. The molecule has 6 rings (SSSR count). The van der Waals surface area contributed by atoms with E-state index in [9.17, 15) is 4.39 Å². The molecule has 0 aromatic heterocycles. The van der Waals surface area contributed by atoms with Crippen LogP contribution in [0.5, 0.6) is 0 Å². The van der Waals surface area contributed by atoms with E-state index in [2.05, 4.69) is 146 Å². The van der Waals surface area contributed by atoms with Crippen molar-refractivity contribution in [2.24, 2.45) is 0 Å². The first-order chi connectivity index (χ1) is 21.0. The molecule has 6 aromatic carbocycles. The van der Waals surface area contributed by atoms with Gasteiger partial charge in [-0.3, -0.25) is 0 Å². The molecule has 43 heavy (non-hydrogen) atoms. The number of aryl methyl sites for hydroxylation is 2. The van der Waals surface area contributed by atoms with Gasteiger partial charge in [-0.1, -0.05) is 114 Å². The summed E-state index contributed by atoms with van der Waals surface area (Å²) in [6.07, 6.45) is 3.03. The molecule has 0 bridgehead atoms. The van der Waals surface area contributed by atoms with Crippen LogP contribution in [0.4, 0.5) is 21.5 Å². The Kier molecular flexibility index (Phi) is 8.28. The highest BCUT2D eigenvalue weighted by Gasteiger charge is 2.13. The maximum absolute atomic E-state index is 13.3. The van der Waals surface area contributed by atoms with Gasteiger partial charge in [0.15, 0.2) is 0 Å². The molecular formula is C41H34FN. The van der Waals surface area contributed by atoms with Crippen molar-refractivity contribution in [1.82, 2.24) is 0 Å². The molecule has 210 valence electrons. The maximum atomic E-state index is 13.3. The Balaban J connectivity index is 1.32. The second kappa shape index (κ2) is 12.8. The van der Waals surface area contributed by atoms with Gasteiger partial charge in [-0.05, 0) is 108 Å². The molecule has 0 saturated heterocycles. The lowest BCUT2D eigenvalue weighted by Crippen LogP contribution is -2.09. The molecule has 1 nitrogen and oxygen atoms in total. The molecule has 0 atom stereocenters. The fourth-order valence-corrected chi connectivity index (χ4v) is 5.31. The number of hydrogen-bond donors (Lipinski definition) is 0. The molecule has 0 spiro atoms. The van der Waals surface area contributed by atoms with Crippen molar-refractivity contribution in [3.63, 3.8) is 0 Å². The molecule has 0 N–H and O–H groups in total. The summed E-state index contributed by atoms with van der Waals surface area (Å²) < 4.78 is 13.3. The number of halogens is 1. The maximum Gasteiger partial charge on any atom is 0.123 e. The summed E-state index contributed by atoms with van der Waals surface area (Å²) in [7, 11) is 0. The van der Waals surface area contributed by atoms with E-state index in [1.165, 1.54) is 34.4 Å². The third-order valence-corrected chi connectivity index (χ3v) is 7.72. The van der Waals surface area contributed by atoms with Crippen LogP contribution in [-0.2, 0) is 6.42 Å². The third-order valence-electron chi connectivity index (χ3n) is 7.72. The Labute approximate surface area is 254 Å². The summed E-state index contributed by atoms with van der Waals surface area (Å²) in [5.74, 6) is -0.206. The van der Waals surface area contributed by atoms with Crippen molar-refractivity contribution in [1.29, 1.82) is 0 Å². The van der Waals surface area contributed by atoms with Gasteiger partial charge in [0.2, 0.25) is 0 Å². The van der Waals surface area contributed by atoms with Gasteiger partial charge < -0.3 is 4.90 Å². The van der Waals surface area contributed by atoms with Gasteiger partial charge in [0.25, 0.3) is 0 Å². The van der Waals surface area contributed by atoms with Crippen molar-refractivity contribution in [2.75, 3.05) is 4.90 Å². The zero-order valence-corrected chi connectivity index (χ0v) is 24.5. The molecular weight excluding hydrogens is 525 g/mol. The van der Waals surface area contributed by atoms with Gasteiger partial charge in [-0.15, -0.1) is 0 Å². The van der Waals surface area contributed by atoms with Gasteiger partial charge >= 0.3 is 0 Å². The van der Waals surface area contributed by atoms with Gasteiger partial charge in [-0.25, -0.2) is 4.39 Å². The smallest absolute Gasteiger partial charge is 0.123 e. The fourth-order valence-electron chi connectivity index (χ4n) is 5.31. The van der Waals surface area contributed by atoms with Gasteiger partial charge in [0.1, 0.15) is 5.82 Å². The average molecular weight is 560 g/mol. The van der Waals surface area contributed by atoms with E-state index in [1.807, 2.05) is 18.2 Å². The summed E-state index contributed by atoms with van der Waals surface area (Å²) in [6.45, 7) is 4.23. The van der Waals surface area contributed by atoms with Crippen LogP contribution in [0.3, 0.4) is 0 Å². The summed E-state index contributed by atoms with van der Waals surface area (Å²) in [4.78, 5) is 2.30. The van der Waals surface area contributed by atoms with Gasteiger partial charge in [0, 0.05) is 17.1 Å². The van der Waals surface area contributed by atoms with Crippen LogP contribution in [0, 0.1) is 19.7 Å². The summed E-state index contributed by atoms with van der Waals surface area (Å²) in [5.41, 5.74) is 12.7. The second-order valence-electron chi connectivity index (χ2n) is 11.0. The minimum atomic E-state index is -0.206. The van der Waals surface area contributed by atoms with Crippen LogP contribution in [-0.4, -0.2) is 0 Å². The second-order valence-corrected chi connectivity index (χ2v) is 11.0. The van der Waals surface area contributed by atoms with Crippen molar-refractivity contribution in [2.45, 2.75) is 20.3 Å². The average Bonchev–Trinajstić information content (AvgIpc) is 3.04. The Morgan fingerprint density at radius 2 is 0.953 bits per heavy atom. The van der Waals surface area contributed by atoms with E-state index in [0.29, 0.717) is 0 Å². The van der Waals surface area contributed by atoms with Crippen molar-refractivity contribution >= 4 is 28.7 Å². The molecule has 0 fully saturated rings. The Bertz CT molecular complexity index is 1750. The summed E-state index contributed by atoms with van der Waals surface area (Å²) >= 11 is 0. The predicted octanol–water partition coefficient (Wildman–Crippen LogP) is 11.1. The molecule has 0 heterocycles. The van der Waals surface area contributed by atoms with Crippen LogP contribution in [0.1, 0.15) is 38.9 Å². The minimum absolute atomic E-state index is 0.206. The van der Waals surface area contributed by atoms with Crippen LogP contribution >= 0.6 is 0 Å². The van der Waals surface area contributed by atoms with Crippen LogP contribution in [0.15, 0.2) is 152 Å². The van der Waals surface area contributed by atoms with E-state index in [1.54, 1.807) is 0 Å². The fraction of sp³-hybridized carbons (Fsp3) is 0.0732. The van der Waals surface area contributed by atoms with Crippen LogP contribution in [0.25, 0.3) is 11.6 Å². The number of rotatable bonds is 8. The molecule has 0 amide bonds. The SMILES string of the molecule is Cc1ccc(N(c2ccc(C)cc2)c2ccc(/C=C(\c3ccccc3)c3ccc(Cc4ccc(F)cc4)cc3)cc2)cc1. The highest BCUT2D eigenvalue weighted by molar-refractivity contribution is 5.91. The molecule has 0 aliphatic heterocycles. The number of benzene rings is 6. The molecule has 6 aromatic rings. The number of anilines is 3. The lowest BCUT2D eigenvalue weighted by Gasteiger charge is -2.26. The highest BCUT2D eigenvalue weighted by Crippen LogP contribution is 2.35. The Morgan fingerprint density at radius 3 is 1.47 bits per heavy atom. The topological polar surface area (TPSA) is 3.24 Å². The Hall–Kier alpha value is -5.21. The zero-order chi connectivity index (χ0) is 29.6. The van der Waals surface area contributed by atoms with E-state index in [4.69, 9.17) is 0 Å². The normalized spacial score (nSPS) is 11.4. The first kappa shape index (κ1) is 27.9. The summed E-state index contributed by atoms with van der Waals surface area (Å²) in [5, 5.41) is 0. The van der Waals surface area contributed by atoms with Gasteiger partial charge in [0.05, 0.1) is 0 Å². The highest BCUT2D eigenvalue weighted by atomic mass is 19.1. The molecule has 0 aliphatic carbocycles. The van der Waals surface area contributed by atoms with Crippen molar-refractivity contribution < 1.29 is 4.39 Å². The van der Waals surface area contributed by atoms with Gasteiger partial charge in [-0.2, -0.15) is 0 Å². The number of hydrogen-bond acceptors (Lipinski definition) is 1. The summed E-state index contributed by atoms with van der Waals surface area (Å²) in [6, 6.07) is 52.1. The van der Waals surface area contributed by atoms with Crippen LogP contribution in [0.2, 0.25) is 0 Å². The molecule has 0 unspecified atom stereocenters. The van der Waals surface area contributed by atoms with E-state index in [0.717, 1.165) is 45.7 Å². The molecule has 0 saturated carbocycles. The predicted molar refractivity (Wildman–Crippen MR) is 180 cm³/mol. The van der Waals surface area contributed by atoms with E-state index < -0.39 is 0 Å². The van der Waals surface area contributed by atoms with E-state index in [-0.39, 0.29) is 5.82 Å². The van der Waals surface area contributed by atoms with Crippen LogP contribution < -0.4 is 4.90 Å². The Morgan fingerprint density at radius 1 is 0.512 bits per heavy atom. The monoisotopic (exact) mass is 559 g/mol. The quantitative estimate of drug-likeness (QED) is 0.168. The van der Waals surface area contributed by atoms with E-state index >= 15 is 0 Å². The first-order valence-electron chi connectivity index (χ1n) is 14.7. The molecule has 2 heteroatoms. The van der Waals surface area contributed by atoms with Crippen molar-refractivity contribution in [3.8, 4) is 0 Å². The molecule has 0 radical (unpaired) electrons. The largest absolute Gasteiger partial charge is 0.311 e.